The first-order valence-electron chi connectivity index (χ1n) is 4.72. The van der Waals surface area contributed by atoms with Crippen LogP contribution in [0.3, 0.4) is 0 Å². The molecule has 72 valence electrons. The number of para-hydroxylation sites is 1. The fourth-order valence-electron chi connectivity index (χ4n) is 1.86. The molecule has 2 unspecified atom stereocenters. The molecular formula is C12H13NO. The lowest BCUT2D eigenvalue weighted by molar-refractivity contribution is 0.318. The summed E-state index contributed by atoms with van der Waals surface area (Å²) in [4.78, 5) is 0. The number of ether oxygens (including phenoxy) is 1. The quantitative estimate of drug-likeness (QED) is 0.706. The molecule has 1 aliphatic heterocycles. The molecule has 0 amide bonds. The Balaban J connectivity index is 2.30. The molecule has 0 bridgehead atoms. The van der Waals surface area contributed by atoms with Gasteiger partial charge in [-0.3, -0.25) is 0 Å². The molecule has 0 fully saturated rings. The number of benzene rings is 1. The molecule has 0 aromatic heterocycles. The van der Waals surface area contributed by atoms with Crippen LogP contribution in [-0.4, -0.2) is 19.7 Å². The van der Waals surface area contributed by atoms with Crippen molar-refractivity contribution in [3.05, 3.63) is 29.8 Å². The second kappa shape index (κ2) is 3.73. The second-order valence-electron chi connectivity index (χ2n) is 3.39. The van der Waals surface area contributed by atoms with Crippen LogP contribution in [-0.2, 0) is 0 Å². The number of nitrogens with one attached hydrogen (secondary N) is 1. The fourth-order valence-corrected chi connectivity index (χ4v) is 1.86. The Kier molecular flexibility index (Phi) is 2.43. The van der Waals surface area contributed by atoms with Crippen LogP contribution in [0.5, 0.6) is 5.75 Å². The van der Waals surface area contributed by atoms with E-state index in [2.05, 4.69) is 17.3 Å². The Morgan fingerprint density at radius 2 is 2.36 bits per heavy atom. The summed E-state index contributed by atoms with van der Waals surface area (Å²) in [6, 6.07) is 8.11. The maximum atomic E-state index is 5.56. The van der Waals surface area contributed by atoms with Crippen LogP contribution in [0, 0.1) is 12.3 Å². The van der Waals surface area contributed by atoms with E-state index in [-0.39, 0.29) is 12.0 Å². The first-order chi connectivity index (χ1) is 6.86. The third-order valence-corrected chi connectivity index (χ3v) is 2.63. The standard InChI is InChI=1S/C12H13NO/c1-3-11(13-2)10-8-14-12-7-5-4-6-9(10)12/h1,4-7,10-11,13H,8H2,2H3. The first kappa shape index (κ1) is 9.11. The fraction of sp³-hybridized carbons (Fsp3) is 0.333. The summed E-state index contributed by atoms with van der Waals surface area (Å²) >= 11 is 0. The summed E-state index contributed by atoms with van der Waals surface area (Å²) in [6.45, 7) is 0.676. The van der Waals surface area contributed by atoms with Crippen molar-refractivity contribution >= 4 is 0 Å². The highest BCUT2D eigenvalue weighted by atomic mass is 16.5. The zero-order valence-electron chi connectivity index (χ0n) is 8.16. The summed E-state index contributed by atoms with van der Waals surface area (Å²) in [5.74, 6) is 3.99. The van der Waals surface area contributed by atoms with E-state index in [0.29, 0.717) is 6.61 Å². The Bertz CT molecular complexity index is 367. The van der Waals surface area contributed by atoms with E-state index >= 15 is 0 Å². The molecule has 1 aromatic rings. The van der Waals surface area contributed by atoms with Crippen molar-refractivity contribution in [1.29, 1.82) is 0 Å². The predicted octanol–water partition coefficient (Wildman–Crippen LogP) is 1.38. The predicted molar refractivity (Wildman–Crippen MR) is 56.4 cm³/mol. The lowest BCUT2D eigenvalue weighted by atomic mass is 9.94. The molecule has 0 spiro atoms. The van der Waals surface area contributed by atoms with Gasteiger partial charge in [0.05, 0.1) is 12.6 Å². The summed E-state index contributed by atoms with van der Waals surface area (Å²) in [6.07, 6.45) is 5.45. The summed E-state index contributed by atoms with van der Waals surface area (Å²) in [5.41, 5.74) is 1.21. The summed E-state index contributed by atoms with van der Waals surface area (Å²) in [7, 11) is 1.88. The minimum absolute atomic E-state index is 0.0543. The lowest BCUT2D eigenvalue weighted by Gasteiger charge is -2.15. The van der Waals surface area contributed by atoms with Crippen molar-refractivity contribution in [2.75, 3.05) is 13.7 Å². The second-order valence-corrected chi connectivity index (χ2v) is 3.39. The zero-order valence-corrected chi connectivity index (χ0v) is 8.16. The van der Waals surface area contributed by atoms with E-state index in [1.165, 1.54) is 5.56 Å². The van der Waals surface area contributed by atoms with Gasteiger partial charge in [0, 0.05) is 11.5 Å². The molecule has 2 heteroatoms. The van der Waals surface area contributed by atoms with Crippen molar-refractivity contribution in [2.45, 2.75) is 12.0 Å². The van der Waals surface area contributed by atoms with Gasteiger partial charge in [0.1, 0.15) is 5.75 Å². The normalized spacial score (nSPS) is 20.7. The molecule has 14 heavy (non-hydrogen) atoms. The Hall–Kier alpha value is -1.46. The average molecular weight is 187 g/mol. The van der Waals surface area contributed by atoms with Gasteiger partial charge in [-0.15, -0.1) is 6.42 Å². The Morgan fingerprint density at radius 3 is 3.07 bits per heavy atom. The van der Waals surface area contributed by atoms with Crippen molar-refractivity contribution in [2.24, 2.45) is 0 Å². The van der Waals surface area contributed by atoms with Crippen molar-refractivity contribution in [3.8, 4) is 18.1 Å². The Labute approximate surface area is 84.3 Å². The SMILES string of the molecule is C#CC(NC)C1COc2ccccc21. The van der Waals surface area contributed by atoms with E-state index in [9.17, 15) is 0 Å². The van der Waals surface area contributed by atoms with Crippen LogP contribution < -0.4 is 10.1 Å². The van der Waals surface area contributed by atoms with Gasteiger partial charge in [-0.05, 0) is 13.1 Å². The number of fused-ring (bicyclic) bond motifs is 1. The smallest absolute Gasteiger partial charge is 0.123 e. The maximum Gasteiger partial charge on any atom is 0.123 e. The van der Waals surface area contributed by atoms with E-state index in [1.807, 2.05) is 25.2 Å². The average Bonchev–Trinajstić information content (AvgIpc) is 2.65. The van der Waals surface area contributed by atoms with Crippen LogP contribution in [0.1, 0.15) is 11.5 Å². The van der Waals surface area contributed by atoms with Crippen molar-refractivity contribution in [1.82, 2.24) is 5.32 Å². The molecule has 1 N–H and O–H groups in total. The monoisotopic (exact) mass is 187 g/mol. The summed E-state index contributed by atoms with van der Waals surface area (Å²) in [5, 5.41) is 3.12. The van der Waals surface area contributed by atoms with Crippen LogP contribution in [0.25, 0.3) is 0 Å². The number of hydrogen-bond acceptors (Lipinski definition) is 2. The van der Waals surface area contributed by atoms with Crippen LogP contribution in [0.15, 0.2) is 24.3 Å². The molecule has 1 aromatic carbocycles. The van der Waals surface area contributed by atoms with Crippen LogP contribution >= 0.6 is 0 Å². The van der Waals surface area contributed by atoms with Crippen LogP contribution in [0.2, 0.25) is 0 Å². The highest BCUT2D eigenvalue weighted by molar-refractivity contribution is 5.41. The van der Waals surface area contributed by atoms with Gasteiger partial charge in [-0.2, -0.15) is 0 Å². The zero-order chi connectivity index (χ0) is 9.97. The minimum atomic E-state index is 0.0543. The molecule has 0 saturated heterocycles. The van der Waals surface area contributed by atoms with E-state index in [1.54, 1.807) is 0 Å². The largest absolute Gasteiger partial charge is 0.493 e. The molecule has 1 aliphatic rings. The third-order valence-electron chi connectivity index (χ3n) is 2.63. The van der Waals surface area contributed by atoms with Gasteiger partial charge in [0.15, 0.2) is 0 Å². The Morgan fingerprint density at radius 1 is 1.57 bits per heavy atom. The van der Waals surface area contributed by atoms with Gasteiger partial charge < -0.3 is 10.1 Å². The lowest BCUT2D eigenvalue weighted by Crippen LogP contribution is -2.31. The molecule has 2 nitrogen and oxygen atoms in total. The van der Waals surface area contributed by atoms with Gasteiger partial charge in [0.25, 0.3) is 0 Å². The number of likely N-dealkylation sites (N-methyl/N-ethyl adjacent to an activating group) is 1. The van der Waals surface area contributed by atoms with Crippen LogP contribution in [0.4, 0.5) is 0 Å². The number of terminal acetylenes is 1. The minimum Gasteiger partial charge on any atom is -0.493 e. The van der Waals surface area contributed by atoms with Crippen molar-refractivity contribution < 1.29 is 4.74 Å². The van der Waals surface area contributed by atoms with E-state index in [0.717, 1.165) is 5.75 Å². The molecular weight excluding hydrogens is 174 g/mol. The molecule has 0 saturated carbocycles. The van der Waals surface area contributed by atoms with Crippen molar-refractivity contribution in [3.63, 3.8) is 0 Å². The van der Waals surface area contributed by atoms with E-state index < -0.39 is 0 Å². The third kappa shape index (κ3) is 1.36. The molecule has 2 rings (SSSR count). The number of hydrogen-bond donors (Lipinski definition) is 1. The van der Waals surface area contributed by atoms with Gasteiger partial charge in [-0.25, -0.2) is 0 Å². The number of rotatable bonds is 2. The summed E-state index contributed by atoms with van der Waals surface area (Å²) < 4.78 is 5.56. The topological polar surface area (TPSA) is 21.3 Å². The first-order valence-corrected chi connectivity index (χ1v) is 4.72. The highest BCUT2D eigenvalue weighted by Gasteiger charge is 2.28. The molecule has 0 radical (unpaired) electrons. The van der Waals surface area contributed by atoms with E-state index in [4.69, 9.17) is 11.2 Å². The maximum absolute atomic E-state index is 5.56. The molecule has 2 atom stereocenters. The highest BCUT2D eigenvalue weighted by Crippen LogP contribution is 2.35. The van der Waals surface area contributed by atoms with Gasteiger partial charge in [0.2, 0.25) is 0 Å². The van der Waals surface area contributed by atoms with Gasteiger partial charge in [-0.1, -0.05) is 24.1 Å². The van der Waals surface area contributed by atoms with Gasteiger partial charge >= 0.3 is 0 Å². The molecule has 1 heterocycles. The molecule has 0 aliphatic carbocycles.